The number of amides is 2. The Morgan fingerprint density at radius 3 is 2.05 bits per heavy atom. The highest BCUT2D eigenvalue weighted by atomic mass is 16.6. The second-order valence-electron chi connectivity index (χ2n) is 7.35. The molecule has 1 fully saturated rings. The third-order valence-corrected chi connectivity index (χ3v) is 2.90. The molecule has 0 unspecified atom stereocenters. The van der Waals surface area contributed by atoms with Gasteiger partial charge in [0.25, 0.3) is 0 Å². The number of hydrogen-bond acceptors (Lipinski definition) is 6. The molecule has 0 saturated carbocycles. The molecule has 2 amide bonds. The number of aliphatic hydroxyl groups excluding tert-OH is 1. The van der Waals surface area contributed by atoms with Crippen molar-refractivity contribution in [2.75, 3.05) is 6.61 Å². The van der Waals surface area contributed by atoms with Gasteiger partial charge in [0.05, 0.1) is 12.5 Å². The van der Waals surface area contributed by atoms with Gasteiger partial charge in [0, 0.05) is 0 Å². The third kappa shape index (κ3) is 4.69. The average Bonchev–Trinajstić information content (AvgIpc) is 2.61. The van der Waals surface area contributed by atoms with E-state index in [1.54, 1.807) is 41.5 Å². The molecule has 0 radical (unpaired) electrons. The molecule has 7 heteroatoms. The van der Waals surface area contributed by atoms with Crippen LogP contribution in [0.5, 0.6) is 0 Å². The molecular weight excluding hydrogens is 290 g/mol. The quantitative estimate of drug-likeness (QED) is 0.776. The van der Waals surface area contributed by atoms with Crippen LogP contribution in [0.15, 0.2) is 0 Å². The van der Waals surface area contributed by atoms with E-state index >= 15 is 0 Å². The zero-order valence-corrected chi connectivity index (χ0v) is 14.0. The Bertz CT molecular complexity index is 460. The first-order valence-electron chi connectivity index (χ1n) is 7.25. The van der Waals surface area contributed by atoms with Crippen LogP contribution >= 0.6 is 0 Å². The zero-order valence-electron chi connectivity index (χ0n) is 14.0. The predicted molar refractivity (Wildman–Crippen MR) is 77.9 cm³/mol. The summed E-state index contributed by atoms with van der Waals surface area (Å²) >= 11 is 0. The van der Waals surface area contributed by atoms with Crippen LogP contribution < -0.4 is 0 Å². The molecule has 1 N–H and O–H groups in total. The molecule has 0 bridgehead atoms. The number of carbonyl (C=O) groups is 3. The summed E-state index contributed by atoms with van der Waals surface area (Å²) in [7, 11) is 0. The molecule has 1 aliphatic heterocycles. The van der Waals surface area contributed by atoms with Crippen molar-refractivity contribution >= 4 is 18.0 Å². The summed E-state index contributed by atoms with van der Waals surface area (Å²) in [6.45, 7) is 9.65. The maximum atomic E-state index is 12.2. The smallest absolute Gasteiger partial charge is 0.417 e. The molecule has 0 aromatic rings. The molecule has 7 nitrogen and oxygen atoms in total. The lowest BCUT2D eigenvalue weighted by molar-refractivity contribution is -0.161. The fourth-order valence-electron chi connectivity index (χ4n) is 2.08. The zero-order chi connectivity index (χ0) is 17.3. The summed E-state index contributed by atoms with van der Waals surface area (Å²) < 4.78 is 10.4. The van der Waals surface area contributed by atoms with Crippen LogP contribution in [0, 0.1) is 5.92 Å². The van der Waals surface area contributed by atoms with Crippen molar-refractivity contribution < 1.29 is 29.0 Å². The maximum Gasteiger partial charge on any atom is 0.417 e. The molecule has 2 atom stereocenters. The van der Waals surface area contributed by atoms with Crippen molar-refractivity contribution in [3.8, 4) is 0 Å². The van der Waals surface area contributed by atoms with Crippen molar-refractivity contribution in [2.45, 2.75) is 65.2 Å². The van der Waals surface area contributed by atoms with Gasteiger partial charge in [0.15, 0.2) is 0 Å². The van der Waals surface area contributed by atoms with Gasteiger partial charge in [0.2, 0.25) is 5.91 Å². The molecule has 0 spiro atoms. The molecule has 1 aliphatic rings. The average molecular weight is 315 g/mol. The number of likely N-dealkylation sites (tertiary alicyclic amines) is 1. The fourth-order valence-corrected chi connectivity index (χ4v) is 2.08. The van der Waals surface area contributed by atoms with Gasteiger partial charge in [-0.3, -0.25) is 4.79 Å². The van der Waals surface area contributed by atoms with Gasteiger partial charge in [-0.15, -0.1) is 0 Å². The largest absolute Gasteiger partial charge is 0.458 e. The third-order valence-electron chi connectivity index (χ3n) is 2.90. The first kappa shape index (κ1) is 18.4. The second kappa shape index (κ2) is 6.24. The molecule has 0 aromatic heterocycles. The highest BCUT2D eigenvalue weighted by Crippen LogP contribution is 2.28. The van der Waals surface area contributed by atoms with Crippen LogP contribution in [0.2, 0.25) is 0 Å². The van der Waals surface area contributed by atoms with E-state index in [1.165, 1.54) is 0 Å². The number of hydrogen-bond donors (Lipinski definition) is 1. The van der Waals surface area contributed by atoms with Gasteiger partial charge < -0.3 is 14.6 Å². The van der Waals surface area contributed by atoms with Crippen molar-refractivity contribution in [1.82, 2.24) is 4.90 Å². The van der Waals surface area contributed by atoms with Gasteiger partial charge >= 0.3 is 12.1 Å². The number of aliphatic hydroxyl groups is 1. The number of imide groups is 1. The molecule has 126 valence electrons. The lowest BCUT2D eigenvalue weighted by Gasteiger charge is -2.28. The van der Waals surface area contributed by atoms with E-state index in [2.05, 4.69) is 0 Å². The molecule has 0 aliphatic carbocycles. The summed E-state index contributed by atoms with van der Waals surface area (Å²) in [5, 5.41) is 9.25. The predicted octanol–water partition coefficient (Wildman–Crippen LogP) is 1.47. The van der Waals surface area contributed by atoms with Gasteiger partial charge in [-0.2, -0.15) is 0 Å². The first-order valence-corrected chi connectivity index (χ1v) is 7.25. The van der Waals surface area contributed by atoms with Gasteiger partial charge in [-0.1, -0.05) is 0 Å². The minimum atomic E-state index is -1.07. The van der Waals surface area contributed by atoms with Crippen molar-refractivity contribution in [2.24, 2.45) is 5.92 Å². The summed E-state index contributed by atoms with van der Waals surface area (Å²) in [6.07, 6.45) is -0.868. The maximum absolute atomic E-state index is 12.2. The first-order chi connectivity index (χ1) is 9.85. The van der Waals surface area contributed by atoms with E-state index in [-0.39, 0.29) is 6.42 Å². The van der Waals surface area contributed by atoms with Crippen molar-refractivity contribution in [1.29, 1.82) is 0 Å². The highest BCUT2D eigenvalue weighted by molar-refractivity contribution is 6.00. The van der Waals surface area contributed by atoms with E-state index < -0.39 is 47.7 Å². The van der Waals surface area contributed by atoms with Crippen molar-refractivity contribution in [3.63, 3.8) is 0 Å². The molecule has 1 saturated heterocycles. The van der Waals surface area contributed by atoms with Crippen LogP contribution in [-0.4, -0.2) is 51.8 Å². The monoisotopic (exact) mass is 315 g/mol. The van der Waals surface area contributed by atoms with Crippen LogP contribution in [0.3, 0.4) is 0 Å². The van der Waals surface area contributed by atoms with Crippen LogP contribution in [0.4, 0.5) is 4.79 Å². The molecule has 22 heavy (non-hydrogen) atoms. The van der Waals surface area contributed by atoms with Crippen LogP contribution in [0.25, 0.3) is 0 Å². The van der Waals surface area contributed by atoms with Gasteiger partial charge in [-0.05, 0) is 48.0 Å². The minimum absolute atomic E-state index is 0.0312. The lowest BCUT2D eigenvalue weighted by atomic mass is 10.1. The Morgan fingerprint density at radius 2 is 1.64 bits per heavy atom. The topological polar surface area (TPSA) is 93.1 Å². The summed E-state index contributed by atoms with van der Waals surface area (Å²) in [4.78, 5) is 37.4. The van der Waals surface area contributed by atoms with Gasteiger partial charge in [0.1, 0.15) is 17.2 Å². The Balaban J connectivity index is 3.00. The van der Waals surface area contributed by atoms with Gasteiger partial charge in [-0.25, -0.2) is 14.5 Å². The Morgan fingerprint density at radius 1 is 1.14 bits per heavy atom. The van der Waals surface area contributed by atoms with Crippen molar-refractivity contribution in [3.05, 3.63) is 0 Å². The molecule has 1 heterocycles. The SMILES string of the molecule is CC(C)(C)OC(=O)[C@@H]1C[C@H](CO)C(=O)N1C(=O)OC(C)(C)C. The summed E-state index contributed by atoms with van der Waals surface area (Å²) in [5.74, 6) is -2.10. The number of rotatable bonds is 2. The van der Waals surface area contributed by atoms with E-state index in [0.29, 0.717) is 0 Å². The number of carbonyl (C=O) groups excluding carboxylic acids is 3. The minimum Gasteiger partial charge on any atom is -0.458 e. The van der Waals surface area contributed by atoms with Crippen LogP contribution in [0.1, 0.15) is 48.0 Å². The Hall–Kier alpha value is -1.63. The van der Waals surface area contributed by atoms with E-state index in [1.807, 2.05) is 0 Å². The fraction of sp³-hybridized carbons (Fsp3) is 0.800. The Labute approximate surface area is 130 Å². The molecule has 1 rings (SSSR count). The number of nitrogens with zero attached hydrogens (tertiary/aromatic N) is 1. The number of esters is 1. The normalized spacial score (nSPS) is 22.7. The van der Waals surface area contributed by atoms with E-state index in [4.69, 9.17) is 9.47 Å². The Kier molecular flexibility index (Phi) is 5.22. The van der Waals surface area contributed by atoms with E-state index in [9.17, 15) is 19.5 Å². The molecule has 0 aromatic carbocycles. The van der Waals surface area contributed by atoms with Crippen LogP contribution in [-0.2, 0) is 19.1 Å². The number of ether oxygens (including phenoxy) is 2. The molecular formula is C15H25NO6. The standard InChI is InChI=1S/C15H25NO6/c1-14(2,3)21-12(19)10-7-9(8-17)11(18)16(10)13(20)22-15(4,5)6/h9-10,17H,7-8H2,1-6H3/t9-,10+/m1/s1. The second-order valence-corrected chi connectivity index (χ2v) is 7.35. The van der Waals surface area contributed by atoms with E-state index in [0.717, 1.165) is 4.90 Å². The lowest BCUT2D eigenvalue weighted by Crippen LogP contribution is -2.47. The summed E-state index contributed by atoms with van der Waals surface area (Å²) in [5.41, 5.74) is -1.54. The highest BCUT2D eigenvalue weighted by Gasteiger charge is 2.49. The summed E-state index contributed by atoms with van der Waals surface area (Å²) in [6, 6.07) is -1.07.